The lowest BCUT2D eigenvalue weighted by molar-refractivity contribution is 0.182. The molecule has 0 spiro atoms. The lowest BCUT2D eigenvalue weighted by Gasteiger charge is -2.32. The third-order valence-corrected chi connectivity index (χ3v) is 6.05. The quantitative estimate of drug-likeness (QED) is 0.617. The van der Waals surface area contributed by atoms with Crippen LogP contribution in [0.25, 0.3) is 0 Å². The Labute approximate surface area is 172 Å². The number of nitrogens with one attached hydrogen (secondary N) is 1. The standard InChI is InChI=1S/C26H38N2/c1-26(2,3)25-12-10-24(11-13-25)21-27-16-7-17-28-18-14-23(15-19-28)20-22-8-5-4-6-9-22/h4-6,8-13,23,27H,7,14-21H2,1-3H3. The highest BCUT2D eigenvalue weighted by Crippen LogP contribution is 2.23. The topological polar surface area (TPSA) is 15.3 Å². The molecule has 0 radical (unpaired) electrons. The SMILES string of the molecule is CC(C)(C)c1ccc(CNCCCN2CCC(Cc3ccccc3)CC2)cc1. The Kier molecular flexibility index (Phi) is 7.70. The fourth-order valence-corrected chi connectivity index (χ4v) is 4.14. The minimum absolute atomic E-state index is 0.237. The third-order valence-electron chi connectivity index (χ3n) is 6.05. The van der Waals surface area contributed by atoms with Gasteiger partial charge in [-0.25, -0.2) is 0 Å². The molecule has 1 saturated heterocycles. The molecule has 2 aromatic carbocycles. The maximum Gasteiger partial charge on any atom is 0.0205 e. The lowest BCUT2D eigenvalue weighted by atomic mass is 9.87. The molecular weight excluding hydrogens is 340 g/mol. The lowest BCUT2D eigenvalue weighted by Crippen LogP contribution is -2.36. The molecule has 0 atom stereocenters. The van der Waals surface area contributed by atoms with Gasteiger partial charge in [0.2, 0.25) is 0 Å². The maximum absolute atomic E-state index is 3.61. The molecule has 0 aromatic heterocycles. The van der Waals surface area contributed by atoms with E-state index in [2.05, 4.69) is 85.6 Å². The Bertz CT molecular complexity index is 677. The molecule has 0 saturated carbocycles. The minimum Gasteiger partial charge on any atom is -0.313 e. The smallest absolute Gasteiger partial charge is 0.0205 e. The monoisotopic (exact) mass is 378 g/mol. The summed E-state index contributed by atoms with van der Waals surface area (Å²) in [6.45, 7) is 12.7. The highest BCUT2D eigenvalue weighted by atomic mass is 15.1. The van der Waals surface area contributed by atoms with Gasteiger partial charge in [0.1, 0.15) is 0 Å². The first-order chi connectivity index (χ1) is 13.5. The summed E-state index contributed by atoms with van der Waals surface area (Å²) in [6.07, 6.45) is 5.19. The van der Waals surface area contributed by atoms with Crippen molar-refractivity contribution in [1.82, 2.24) is 10.2 Å². The van der Waals surface area contributed by atoms with E-state index < -0.39 is 0 Å². The summed E-state index contributed by atoms with van der Waals surface area (Å²) in [5.74, 6) is 0.868. The van der Waals surface area contributed by atoms with Crippen molar-refractivity contribution in [3.63, 3.8) is 0 Å². The molecule has 0 bridgehead atoms. The second-order valence-electron chi connectivity index (χ2n) is 9.45. The predicted molar refractivity (Wildman–Crippen MR) is 121 cm³/mol. The summed E-state index contributed by atoms with van der Waals surface area (Å²) in [4.78, 5) is 2.65. The van der Waals surface area contributed by atoms with Crippen molar-refractivity contribution in [1.29, 1.82) is 0 Å². The zero-order valence-electron chi connectivity index (χ0n) is 18.1. The van der Waals surface area contributed by atoms with Gasteiger partial charge < -0.3 is 10.2 Å². The van der Waals surface area contributed by atoms with Crippen LogP contribution in [0.5, 0.6) is 0 Å². The summed E-state index contributed by atoms with van der Waals surface area (Å²) in [7, 11) is 0. The van der Waals surface area contributed by atoms with Gasteiger partial charge in [0, 0.05) is 6.54 Å². The van der Waals surface area contributed by atoms with Gasteiger partial charge in [-0.2, -0.15) is 0 Å². The van der Waals surface area contributed by atoms with E-state index in [9.17, 15) is 0 Å². The van der Waals surface area contributed by atoms with Crippen LogP contribution in [-0.2, 0) is 18.4 Å². The van der Waals surface area contributed by atoms with Crippen LogP contribution in [0.2, 0.25) is 0 Å². The molecule has 0 aliphatic carbocycles. The molecule has 2 nitrogen and oxygen atoms in total. The molecule has 1 aliphatic rings. The van der Waals surface area contributed by atoms with Crippen LogP contribution in [0.4, 0.5) is 0 Å². The number of likely N-dealkylation sites (tertiary alicyclic amines) is 1. The average molecular weight is 379 g/mol. The fraction of sp³-hybridized carbons (Fsp3) is 0.538. The maximum atomic E-state index is 3.61. The second kappa shape index (κ2) is 10.2. The van der Waals surface area contributed by atoms with Crippen molar-refractivity contribution in [2.45, 2.75) is 58.4 Å². The molecule has 3 rings (SSSR count). The largest absolute Gasteiger partial charge is 0.313 e. The molecule has 1 fully saturated rings. The predicted octanol–water partition coefficient (Wildman–Crippen LogP) is 5.42. The number of rotatable bonds is 8. The molecule has 2 aromatic rings. The molecule has 2 heteroatoms. The molecule has 1 heterocycles. The van der Waals surface area contributed by atoms with Crippen molar-refractivity contribution in [2.24, 2.45) is 5.92 Å². The van der Waals surface area contributed by atoms with Crippen molar-refractivity contribution >= 4 is 0 Å². The third kappa shape index (κ3) is 6.76. The highest BCUT2D eigenvalue weighted by molar-refractivity contribution is 5.27. The van der Waals surface area contributed by atoms with Gasteiger partial charge in [-0.3, -0.25) is 0 Å². The van der Waals surface area contributed by atoms with Crippen LogP contribution in [0.1, 0.15) is 56.7 Å². The molecule has 1 aliphatic heterocycles. The van der Waals surface area contributed by atoms with Crippen LogP contribution in [-0.4, -0.2) is 31.1 Å². The number of piperidine rings is 1. The van der Waals surface area contributed by atoms with Crippen molar-refractivity contribution < 1.29 is 0 Å². The van der Waals surface area contributed by atoms with Gasteiger partial charge in [-0.05, 0) is 79.9 Å². The van der Waals surface area contributed by atoms with Gasteiger partial charge in [-0.15, -0.1) is 0 Å². The zero-order valence-corrected chi connectivity index (χ0v) is 18.1. The summed E-state index contributed by atoms with van der Waals surface area (Å²) < 4.78 is 0. The van der Waals surface area contributed by atoms with Crippen LogP contribution in [0.3, 0.4) is 0 Å². The molecule has 1 N–H and O–H groups in total. The minimum atomic E-state index is 0.237. The summed E-state index contributed by atoms with van der Waals surface area (Å²) >= 11 is 0. The van der Waals surface area contributed by atoms with E-state index in [1.54, 1.807) is 0 Å². The summed E-state index contributed by atoms with van der Waals surface area (Å²) in [5.41, 5.74) is 4.53. The van der Waals surface area contributed by atoms with Crippen LogP contribution >= 0.6 is 0 Å². The Hall–Kier alpha value is -1.64. The van der Waals surface area contributed by atoms with E-state index in [1.807, 2.05) is 0 Å². The molecular formula is C26H38N2. The van der Waals surface area contributed by atoms with Crippen LogP contribution < -0.4 is 5.32 Å². The number of hydrogen-bond acceptors (Lipinski definition) is 2. The van der Waals surface area contributed by atoms with Crippen molar-refractivity contribution in [3.05, 3.63) is 71.3 Å². The Balaban J connectivity index is 1.27. The van der Waals surface area contributed by atoms with E-state index in [4.69, 9.17) is 0 Å². The molecule has 0 amide bonds. The van der Waals surface area contributed by atoms with Crippen molar-refractivity contribution in [3.8, 4) is 0 Å². The Morgan fingerprint density at radius 1 is 0.893 bits per heavy atom. The first kappa shape index (κ1) is 21.1. The normalized spacial score (nSPS) is 16.4. The first-order valence-corrected chi connectivity index (χ1v) is 11.1. The van der Waals surface area contributed by atoms with E-state index in [0.717, 1.165) is 19.0 Å². The van der Waals surface area contributed by atoms with E-state index in [1.165, 1.54) is 62.0 Å². The van der Waals surface area contributed by atoms with Crippen LogP contribution in [0.15, 0.2) is 54.6 Å². The first-order valence-electron chi connectivity index (χ1n) is 11.1. The van der Waals surface area contributed by atoms with E-state index in [0.29, 0.717) is 0 Å². The Morgan fingerprint density at radius 2 is 1.57 bits per heavy atom. The van der Waals surface area contributed by atoms with Gasteiger partial charge in [-0.1, -0.05) is 75.4 Å². The zero-order chi connectivity index (χ0) is 19.8. The van der Waals surface area contributed by atoms with E-state index in [-0.39, 0.29) is 5.41 Å². The summed E-state index contributed by atoms with van der Waals surface area (Å²) in [6, 6.07) is 20.1. The second-order valence-corrected chi connectivity index (χ2v) is 9.45. The number of benzene rings is 2. The van der Waals surface area contributed by atoms with Gasteiger partial charge >= 0.3 is 0 Å². The molecule has 28 heavy (non-hydrogen) atoms. The summed E-state index contributed by atoms with van der Waals surface area (Å²) in [5, 5.41) is 3.61. The molecule has 152 valence electrons. The Morgan fingerprint density at radius 3 is 2.21 bits per heavy atom. The van der Waals surface area contributed by atoms with Gasteiger partial charge in [0.15, 0.2) is 0 Å². The van der Waals surface area contributed by atoms with Gasteiger partial charge in [0.25, 0.3) is 0 Å². The number of hydrogen-bond donors (Lipinski definition) is 1. The number of nitrogens with zero attached hydrogens (tertiary/aromatic N) is 1. The molecule has 0 unspecified atom stereocenters. The van der Waals surface area contributed by atoms with E-state index >= 15 is 0 Å². The highest BCUT2D eigenvalue weighted by Gasteiger charge is 2.19. The van der Waals surface area contributed by atoms with Crippen LogP contribution in [0, 0.1) is 5.92 Å². The van der Waals surface area contributed by atoms with Crippen molar-refractivity contribution in [2.75, 3.05) is 26.2 Å². The van der Waals surface area contributed by atoms with Gasteiger partial charge in [0.05, 0.1) is 0 Å². The fourth-order valence-electron chi connectivity index (χ4n) is 4.14. The average Bonchev–Trinajstić information content (AvgIpc) is 2.69.